The predicted octanol–water partition coefficient (Wildman–Crippen LogP) is 1.56. The Hall–Kier alpha value is -1.75. The van der Waals surface area contributed by atoms with Crippen molar-refractivity contribution in [3.05, 3.63) is 23.8 Å². The van der Waals surface area contributed by atoms with Crippen molar-refractivity contribution in [2.45, 2.75) is 32.2 Å². The van der Waals surface area contributed by atoms with Crippen molar-refractivity contribution in [1.82, 2.24) is 5.32 Å². The molecule has 4 N–H and O–H groups in total. The average molecular weight is 266 g/mol. The molecule has 0 spiro atoms. The zero-order valence-electron chi connectivity index (χ0n) is 11.7. The molecule has 1 aromatic carbocycles. The van der Waals surface area contributed by atoms with Crippen molar-refractivity contribution in [3.8, 4) is 5.75 Å². The molecule has 5 heteroatoms. The summed E-state index contributed by atoms with van der Waals surface area (Å²) in [5, 5.41) is 12.3. The van der Waals surface area contributed by atoms with Crippen LogP contribution in [0.15, 0.2) is 18.2 Å². The van der Waals surface area contributed by atoms with Crippen LogP contribution in [0.5, 0.6) is 5.75 Å². The third kappa shape index (κ3) is 3.17. The Labute approximate surface area is 113 Å². The van der Waals surface area contributed by atoms with E-state index in [0.717, 1.165) is 0 Å². The Morgan fingerprint density at radius 1 is 1.42 bits per heavy atom. The van der Waals surface area contributed by atoms with Gasteiger partial charge in [0.15, 0.2) is 0 Å². The molecule has 0 aliphatic rings. The fourth-order valence-electron chi connectivity index (χ4n) is 1.92. The molecule has 0 bridgehead atoms. The minimum absolute atomic E-state index is 0.102. The van der Waals surface area contributed by atoms with Crippen LogP contribution in [0.25, 0.3) is 0 Å². The Morgan fingerprint density at radius 3 is 2.53 bits per heavy atom. The molecular formula is C14H22N2O3. The van der Waals surface area contributed by atoms with Crippen LogP contribution in [0.2, 0.25) is 0 Å². The van der Waals surface area contributed by atoms with Gasteiger partial charge in [0.2, 0.25) is 0 Å². The standard InChI is InChI=1S/C14H22N2O3/c1-4-14(5-2,9-17)16-13(18)10-7-6-8-11(19-3)12(10)15/h6-8,17H,4-5,9,15H2,1-3H3,(H,16,18). The van der Waals surface area contributed by atoms with Gasteiger partial charge in [0.05, 0.1) is 30.5 Å². The Bertz CT molecular complexity index is 434. The van der Waals surface area contributed by atoms with Crippen molar-refractivity contribution >= 4 is 11.6 Å². The summed E-state index contributed by atoms with van der Waals surface area (Å²) in [6.45, 7) is 3.75. The molecule has 1 rings (SSSR count). The number of carbonyl (C=O) groups is 1. The van der Waals surface area contributed by atoms with Gasteiger partial charge < -0.3 is 20.9 Å². The van der Waals surface area contributed by atoms with Gasteiger partial charge in [-0.2, -0.15) is 0 Å². The van der Waals surface area contributed by atoms with Gasteiger partial charge in [-0.15, -0.1) is 0 Å². The first-order valence-corrected chi connectivity index (χ1v) is 6.39. The molecule has 0 aliphatic heterocycles. The maximum absolute atomic E-state index is 12.3. The summed E-state index contributed by atoms with van der Waals surface area (Å²) in [4.78, 5) is 12.3. The molecular weight excluding hydrogens is 244 g/mol. The highest BCUT2D eigenvalue weighted by Gasteiger charge is 2.28. The van der Waals surface area contributed by atoms with Crippen molar-refractivity contribution < 1.29 is 14.6 Å². The molecule has 0 aromatic heterocycles. The topological polar surface area (TPSA) is 84.6 Å². The summed E-state index contributed by atoms with van der Waals surface area (Å²) in [6, 6.07) is 5.05. The molecule has 0 saturated carbocycles. The fraction of sp³-hybridized carbons (Fsp3) is 0.500. The average Bonchev–Trinajstić information content (AvgIpc) is 2.45. The first-order valence-electron chi connectivity index (χ1n) is 6.39. The summed E-state index contributed by atoms with van der Waals surface area (Å²) in [5.41, 5.74) is 5.95. The maximum Gasteiger partial charge on any atom is 0.254 e. The van der Waals surface area contributed by atoms with Gasteiger partial charge in [0, 0.05) is 0 Å². The first kappa shape index (κ1) is 15.3. The van der Waals surface area contributed by atoms with Crippen molar-refractivity contribution in [1.29, 1.82) is 0 Å². The number of ether oxygens (including phenoxy) is 1. The molecule has 0 unspecified atom stereocenters. The molecule has 0 radical (unpaired) electrons. The summed E-state index contributed by atoms with van der Waals surface area (Å²) in [6.07, 6.45) is 1.30. The zero-order chi connectivity index (χ0) is 14.5. The van der Waals surface area contributed by atoms with Gasteiger partial charge in [-0.05, 0) is 25.0 Å². The zero-order valence-corrected chi connectivity index (χ0v) is 11.7. The fourth-order valence-corrected chi connectivity index (χ4v) is 1.92. The number of rotatable bonds is 6. The van der Waals surface area contributed by atoms with Crippen LogP contribution in [-0.4, -0.2) is 30.3 Å². The number of aliphatic hydroxyl groups excluding tert-OH is 1. The lowest BCUT2D eigenvalue weighted by atomic mass is 9.93. The number of aliphatic hydroxyl groups is 1. The first-order chi connectivity index (χ1) is 9.03. The number of para-hydroxylation sites is 1. The van der Waals surface area contributed by atoms with Crippen LogP contribution in [-0.2, 0) is 0 Å². The molecule has 0 heterocycles. The van der Waals surface area contributed by atoms with Crippen molar-refractivity contribution in [2.24, 2.45) is 0 Å². The SMILES string of the molecule is CCC(CC)(CO)NC(=O)c1cccc(OC)c1N. The molecule has 1 amide bonds. The van der Waals surface area contributed by atoms with Gasteiger partial charge in [0.1, 0.15) is 5.75 Å². The van der Waals surface area contributed by atoms with E-state index in [-0.39, 0.29) is 12.5 Å². The van der Waals surface area contributed by atoms with Gasteiger partial charge in [-0.1, -0.05) is 19.9 Å². The number of amides is 1. The van der Waals surface area contributed by atoms with Crippen LogP contribution in [0.3, 0.4) is 0 Å². The third-order valence-electron chi connectivity index (χ3n) is 3.57. The van der Waals surface area contributed by atoms with E-state index in [9.17, 15) is 9.90 Å². The van der Waals surface area contributed by atoms with Gasteiger partial charge in [0.25, 0.3) is 5.91 Å². The number of anilines is 1. The molecule has 5 nitrogen and oxygen atoms in total. The van der Waals surface area contributed by atoms with Gasteiger partial charge in [-0.3, -0.25) is 4.79 Å². The number of nitrogens with two attached hydrogens (primary N) is 1. The van der Waals surface area contributed by atoms with E-state index in [4.69, 9.17) is 10.5 Å². The highest BCUT2D eigenvalue weighted by Crippen LogP contribution is 2.25. The minimum Gasteiger partial charge on any atom is -0.495 e. The monoisotopic (exact) mass is 266 g/mol. The quantitative estimate of drug-likeness (QED) is 0.682. The molecule has 0 atom stereocenters. The van der Waals surface area contributed by atoms with Gasteiger partial charge in [-0.25, -0.2) is 0 Å². The molecule has 19 heavy (non-hydrogen) atoms. The molecule has 0 aliphatic carbocycles. The maximum atomic E-state index is 12.3. The lowest BCUT2D eigenvalue weighted by molar-refractivity contribution is 0.0818. The molecule has 106 valence electrons. The van der Waals surface area contributed by atoms with E-state index in [0.29, 0.717) is 29.8 Å². The number of benzene rings is 1. The molecule has 0 saturated heterocycles. The van der Waals surface area contributed by atoms with Crippen LogP contribution >= 0.6 is 0 Å². The lowest BCUT2D eigenvalue weighted by Crippen LogP contribution is -2.50. The Kier molecular flexibility index (Phi) is 5.18. The normalized spacial score (nSPS) is 11.2. The predicted molar refractivity (Wildman–Crippen MR) is 75.3 cm³/mol. The summed E-state index contributed by atoms with van der Waals surface area (Å²) < 4.78 is 5.09. The summed E-state index contributed by atoms with van der Waals surface area (Å²) in [5.74, 6) is 0.171. The highest BCUT2D eigenvalue weighted by atomic mass is 16.5. The van der Waals surface area contributed by atoms with Crippen molar-refractivity contribution in [2.75, 3.05) is 19.5 Å². The number of nitrogens with one attached hydrogen (secondary N) is 1. The molecule has 1 aromatic rings. The van der Waals surface area contributed by atoms with Crippen LogP contribution in [0, 0.1) is 0 Å². The summed E-state index contributed by atoms with van der Waals surface area (Å²) >= 11 is 0. The smallest absolute Gasteiger partial charge is 0.254 e. The minimum atomic E-state index is -0.605. The van der Waals surface area contributed by atoms with Crippen LogP contribution in [0.4, 0.5) is 5.69 Å². The third-order valence-corrected chi connectivity index (χ3v) is 3.57. The highest BCUT2D eigenvalue weighted by molar-refractivity contribution is 6.00. The van der Waals surface area contributed by atoms with Crippen molar-refractivity contribution in [3.63, 3.8) is 0 Å². The number of carbonyl (C=O) groups excluding carboxylic acids is 1. The Morgan fingerprint density at radius 2 is 2.05 bits per heavy atom. The van der Waals surface area contributed by atoms with E-state index in [1.54, 1.807) is 18.2 Å². The Balaban J connectivity index is 3.01. The molecule has 0 fully saturated rings. The lowest BCUT2D eigenvalue weighted by Gasteiger charge is -2.31. The van der Waals surface area contributed by atoms with E-state index >= 15 is 0 Å². The van der Waals surface area contributed by atoms with E-state index in [1.807, 2.05) is 13.8 Å². The number of hydrogen-bond acceptors (Lipinski definition) is 4. The van der Waals surface area contributed by atoms with Crippen LogP contribution in [0.1, 0.15) is 37.0 Å². The number of hydrogen-bond donors (Lipinski definition) is 3. The second-order valence-corrected chi connectivity index (χ2v) is 4.52. The number of nitrogen functional groups attached to an aromatic ring is 1. The van der Waals surface area contributed by atoms with E-state index < -0.39 is 5.54 Å². The van der Waals surface area contributed by atoms with E-state index in [2.05, 4.69) is 5.32 Å². The largest absolute Gasteiger partial charge is 0.495 e. The second-order valence-electron chi connectivity index (χ2n) is 4.52. The number of methoxy groups -OCH3 is 1. The van der Waals surface area contributed by atoms with Crippen LogP contribution < -0.4 is 15.8 Å². The second kappa shape index (κ2) is 6.43. The summed E-state index contributed by atoms with van der Waals surface area (Å²) in [7, 11) is 1.50. The van der Waals surface area contributed by atoms with Gasteiger partial charge >= 0.3 is 0 Å². The van der Waals surface area contributed by atoms with E-state index in [1.165, 1.54) is 7.11 Å².